The van der Waals surface area contributed by atoms with Crippen LogP contribution in [-0.2, 0) is 17.8 Å². The summed E-state index contributed by atoms with van der Waals surface area (Å²) < 4.78 is 50.8. The van der Waals surface area contributed by atoms with Crippen LogP contribution in [-0.4, -0.2) is 39.5 Å². The van der Waals surface area contributed by atoms with Gasteiger partial charge in [-0.15, -0.1) is 24.0 Å². The third-order valence-electron chi connectivity index (χ3n) is 4.25. The van der Waals surface area contributed by atoms with Gasteiger partial charge in [0.05, 0.1) is 13.7 Å². The highest BCUT2D eigenvalue weighted by Crippen LogP contribution is 2.38. The largest absolute Gasteiger partial charge is 0.465 e. The molecule has 170 valence electrons. The number of nitrogens with zero attached hydrogens (tertiary/aromatic N) is 1. The number of benzene rings is 1. The van der Waals surface area contributed by atoms with E-state index in [0.29, 0.717) is 40.1 Å². The van der Waals surface area contributed by atoms with E-state index in [1.807, 2.05) is 0 Å². The molecule has 1 aliphatic rings. The van der Waals surface area contributed by atoms with Crippen molar-refractivity contribution in [2.75, 3.05) is 21.0 Å². The molecule has 1 aromatic heterocycles. The second-order valence-corrected chi connectivity index (χ2v) is 6.15. The van der Waals surface area contributed by atoms with Gasteiger partial charge in [-0.05, 0) is 19.1 Å². The van der Waals surface area contributed by atoms with Crippen molar-refractivity contribution >= 4 is 35.9 Å². The minimum atomic E-state index is -2.98. The number of alkyl halides is 2. The van der Waals surface area contributed by atoms with E-state index in [0.717, 1.165) is 0 Å². The van der Waals surface area contributed by atoms with Gasteiger partial charge in [0.25, 0.3) is 0 Å². The molecule has 0 bridgehead atoms. The average molecular weight is 553 g/mol. The Morgan fingerprint density at radius 2 is 1.87 bits per heavy atom. The first-order valence-electron chi connectivity index (χ1n) is 8.90. The highest BCUT2D eigenvalue weighted by atomic mass is 127. The van der Waals surface area contributed by atoms with Crippen molar-refractivity contribution in [1.29, 1.82) is 0 Å². The number of furan rings is 1. The number of guanidine groups is 1. The maximum absolute atomic E-state index is 12.7. The van der Waals surface area contributed by atoms with Gasteiger partial charge in [0.2, 0.25) is 6.79 Å². The zero-order valence-electron chi connectivity index (χ0n) is 17.0. The summed E-state index contributed by atoms with van der Waals surface area (Å²) in [5, 5.41) is 6.01. The van der Waals surface area contributed by atoms with E-state index in [1.54, 1.807) is 26.1 Å². The van der Waals surface area contributed by atoms with Gasteiger partial charge in [-0.2, -0.15) is 8.78 Å². The zero-order chi connectivity index (χ0) is 21.7. The number of hydrogen-bond acceptors (Lipinski definition) is 7. The van der Waals surface area contributed by atoms with Crippen LogP contribution in [0, 0.1) is 6.92 Å². The number of hydrogen-bond donors (Lipinski definition) is 2. The molecule has 0 fully saturated rings. The molecule has 0 aliphatic carbocycles. The minimum Gasteiger partial charge on any atom is -0.465 e. The molecule has 0 unspecified atom stereocenters. The van der Waals surface area contributed by atoms with Crippen LogP contribution in [0.25, 0.3) is 0 Å². The lowest BCUT2D eigenvalue weighted by molar-refractivity contribution is -0.0505. The lowest BCUT2D eigenvalue weighted by atomic mass is 10.1. The van der Waals surface area contributed by atoms with Gasteiger partial charge in [0.1, 0.15) is 22.8 Å². The number of aliphatic imine (C=N–C) groups is 1. The Morgan fingerprint density at radius 1 is 1.19 bits per heavy atom. The van der Waals surface area contributed by atoms with Crippen molar-refractivity contribution in [3.8, 4) is 17.2 Å². The smallest absolute Gasteiger partial charge is 0.387 e. The summed E-state index contributed by atoms with van der Waals surface area (Å²) >= 11 is 0. The first-order valence-corrected chi connectivity index (χ1v) is 8.90. The number of methoxy groups -OCH3 is 1. The number of carbonyl (C=O) groups is 1. The second-order valence-electron chi connectivity index (χ2n) is 6.15. The molecule has 9 nitrogen and oxygen atoms in total. The van der Waals surface area contributed by atoms with E-state index in [1.165, 1.54) is 13.2 Å². The summed E-state index contributed by atoms with van der Waals surface area (Å²) in [5.41, 5.74) is 0.774. The topological polar surface area (TPSA) is 104 Å². The SMILES string of the molecule is CN=C(NCc1cc(C(=O)OC)c(C)o1)NCc1cc2c(cc1OC(F)F)OCO2.I. The summed E-state index contributed by atoms with van der Waals surface area (Å²) in [6, 6.07) is 4.51. The second kappa shape index (κ2) is 11.0. The molecule has 0 saturated heterocycles. The third kappa shape index (κ3) is 6.12. The standard InChI is InChI=1S/C19H21F2N3O6.HI/c1-10-13(17(25)26-3)5-12(29-10)8-24-19(22-2)23-7-11-4-15-16(28-9-27-15)6-14(11)30-18(20)21;/h4-6,18H,7-9H2,1-3H3,(H2,22,23,24);1H. The Labute approximate surface area is 194 Å². The molecule has 1 aromatic carbocycles. The Morgan fingerprint density at radius 3 is 2.52 bits per heavy atom. The molecule has 0 spiro atoms. The number of nitrogens with one attached hydrogen (secondary N) is 2. The van der Waals surface area contributed by atoms with E-state index >= 15 is 0 Å². The first-order chi connectivity index (χ1) is 14.4. The molecule has 12 heteroatoms. The van der Waals surface area contributed by atoms with Crippen LogP contribution in [0.4, 0.5) is 8.78 Å². The highest BCUT2D eigenvalue weighted by Gasteiger charge is 2.20. The summed E-state index contributed by atoms with van der Waals surface area (Å²) in [7, 11) is 2.85. The molecule has 31 heavy (non-hydrogen) atoms. The molecule has 2 aromatic rings. The summed E-state index contributed by atoms with van der Waals surface area (Å²) in [6.45, 7) is -0.943. The Bertz CT molecular complexity index is 951. The number of esters is 1. The van der Waals surface area contributed by atoms with E-state index in [9.17, 15) is 13.6 Å². The summed E-state index contributed by atoms with van der Waals surface area (Å²) in [4.78, 5) is 15.7. The number of carbonyl (C=O) groups excluding carboxylic acids is 1. The van der Waals surface area contributed by atoms with Gasteiger partial charge in [-0.3, -0.25) is 4.99 Å². The fraction of sp³-hybridized carbons (Fsp3) is 0.368. The molecule has 0 radical (unpaired) electrons. The lowest BCUT2D eigenvalue weighted by Crippen LogP contribution is -2.36. The fourth-order valence-electron chi connectivity index (χ4n) is 2.82. The van der Waals surface area contributed by atoms with Crippen LogP contribution in [0.2, 0.25) is 0 Å². The van der Waals surface area contributed by atoms with Crippen LogP contribution in [0.3, 0.4) is 0 Å². The zero-order valence-corrected chi connectivity index (χ0v) is 19.3. The third-order valence-corrected chi connectivity index (χ3v) is 4.25. The molecule has 0 saturated carbocycles. The van der Waals surface area contributed by atoms with Gasteiger partial charge >= 0.3 is 12.6 Å². The van der Waals surface area contributed by atoms with Gasteiger partial charge in [0, 0.05) is 25.2 Å². The fourth-order valence-corrected chi connectivity index (χ4v) is 2.82. The van der Waals surface area contributed by atoms with Crippen LogP contribution >= 0.6 is 24.0 Å². The number of halogens is 3. The molecule has 3 rings (SSSR count). The summed E-state index contributed by atoms with van der Waals surface area (Å²) in [5.74, 6) is 1.59. The highest BCUT2D eigenvalue weighted by molar-refractivity contribution is 14.0. The van der Waals surface area contributed by atoms with Gasteiger partial charge in [0.15, 0.2) is 17.5 Å². The Hall–Kier alpha value is -2.77. The first kappa shape index (κ1) is 24.5. The quantitative estimate of drug-likeness (QED) is 0.233. The van der Waals surface area contributed by atoms with Gasteiger partial charge in [-0.25, -0.2) is 4.79 Å². The predicted molar refractivity (Wildman–Crippen MR) is 116 cm³/mol. The van der Waals surface area contributed by atoms with Crippen molar-refractivity contribution in [3.05, 3.63) is 40.8 Å². The molecule has 1 aliphatic heterocycles. The molecule has 0 atom stereocenters. The van der Waals surface area contributed by atoms with Crippen LogP contribution in [0.15, 0.2) is 27.6 Å². The van der Waals surface area contributed by atoms with E-state index in [-0.39, 0.29) is 49.6 Å². The average Bonchev–Trinajstić information content (AvgIpc) is 3.32. The van der Waals surface area contributed by atoms with Crippen molar-refractivity contribution < 1.29 is 36.9 Å². The maximum Gasteiger partial charge on any atom is 0.387 e. The minimum absolute atomic E-state index is 0. The Kier molecular flexibility index (Phi) is 8.71. The van der Waals surface area contributed by atoms with Gasteiger partial charge in [-0.1, -0.05) is 0 Å². The molecule has 2 heterocycles. The summed E-state index contributed by atoms with van der Waals surface area (Å²) in [6.07, 6.45) is 0. The molecular formula is C19H22F2IN3O6. The van der Waals surface area contributed by atoms with Crippen LogP contribution in [0.1, 0.15) is 27.4 Å². The number of rotatable bonds is 7. The van der Waals surface area contributed by atoms with E-state index in [2.05, 4.69) is 20.4 Å². The number of aryl methyl sites for hydroxylation is 1. The molecular weight excluding hydrogens is 531 g/mol. The number of ether oxygens (including phenoxy) is 4. The molecule has 0 amide bonds. The monoisotopic (exact) mass is 553 g/mol. The van der Waals surface area contributed by atoms with Crippen molar-refractivity contribution in [2.45, 2.75) is 26.6 Å². The lowest BCUT2D eigenvalue weighted by Gasteiger charge is -2.15. The Balaban J connectivity index is 0.00000341. The van der Waals surface area contributed by atoms with Crippen molar-refractivity contribution in [3.63, 3.8) is 0 Å². The normalized spacial score (nSPS) is 12.4. The predicted octanol–water partition coefficient (Wildman–Crippen LogP) is 3.19. The van der Waals surface area contributed by atoms with Crippen molar-refractivity contribution in [2.24, 2.45) is 4.99 Å². The van der Waals surface area contributed by atoms with E-state index in [4.69, 9.17) is 18.6 Å². The van der Waals surface area contributed by atoms with Crippen LogP contribution in [0.5, 0.6) is 17.2 Å². The number of fused-ring (bicyclic) bond motifs is 1. The molecule has 2 N–H and O–H groups in total. The van der Waals surface area contributed by atoms with Gasteiger partial charge < -0.3 is 34.0 Å². The van der Waals surface area contributed by atoms with Crippen LogP contribution < -0.4 is 24.8 Å². The van der Waals surface area contributed by atoms with E-state index < -0.39 is 12.6 Å². The maximum atomic E-state index is 12.7. The van der Waals surface area contributed by atoms with Crippen molar-refractivity contribution in [1.82, 2.24) is 10.6 Å².